The van der Waals surface area contributed by atoms with Crippen molar-refractivity contribution < 1.29 is 4.39 Å². The van der Waals surface area contributed by atoms with Crippen molar-refractivity contribution in [2.24, 2.45) is 5.92 Å². The molecule has 1 N–H and O–H groups in total. The maximum absolute atomic E-state index is 14.0. The fourth-order valence-electron chi connectivity index (χ4n) is 2.32. The maximum Gasteiger partial charge on any atom is 0.131 e. The molecule has 2 aromatic rings. The zero-order chi connectivity index (χ0) is 15.4. The van der Waals surface area contributed by atoms with Gasteiger partial charge in [0.2, 0.25) is 0 Å². The number of rotatable bonds is 6. The van der Waals surface area contributed by atoms with Gasteiger partial charge in [-0.1, -0.05) is 32.4 Å². The van der Waals surface area contributed by atoms with E-state index >= 15 is 0 Å². The van der Waals surface area contributed by atoms with Crippen LogP contribution in [0.1, 0.15) is 38.1 Å². The number of halogens is 2. The topological polar surface area (TPSA) is 12.0 Å². The van der Waals surface area contributed by atoms with E-state index in [1.54, 1.807) is 23.5 Å². The lowest BCUT2D eigenvalue weighted by atomic mass is 10.0. The van der Waals surface area contributed by atoms with Crippen LogP contribution in [0.5, 0.6) is 0 Å². The Balaban J connectivity index is 2.29. The number of nitrogens with one attached hydrogen (secondary N) is 1. The number of benzene rings is 1. The molecule has 1 nitrogen and oxygen atoms in total. The second-order valence-corrected chi connectivity index (χ2v) is 7.05. The Bertz CT molecular complexity index is 594. The predicted molar refractivity (Wildman–Crippen MR) is 90.6 cm³/mol. The molecule has 0 fully saturated rings. The van der Waals surface area contributed by atoms with E-state index < -0.39 is 0 Å². The molecule has 0 aliphatic heterocycles. The Morgan fingerprint density at radius 2 is 2.00 bits per heavy atom. The fraction of sp³-hybridized carbons (Fsp3) is 0.412. The molecule has 0 saturated heterocycles. The first-order valence-electron chi connectivity index (χ1n) is 7.31. The average molecular weight is 326 g/mol. The number of hydrogen-bond acceptors (Lipinski definition) is 2. The molecule has 0 aliphatic carbocycles. The molecule has 0 saturated carbocycles. The van der Waals surface area contributed by atoms with Gasteiger partial charge in [-0.25, -0.2) is 4.39 Å². The van der Waals surface area contributed by atoms with Crippen LogP contribution in [0, 0.1) is 11.7 Å². The van der Waals surface area contributed by atoms with Crippen LogP contribution in [0.2, 0.25) is 5.02 Å². The summed E-state index contributed by atoms with van der Waals surface area (Å²) < 4.78 is 14.0. The quantitative estimate of drug-likeness (QED) is 0.696. The van der Waals surface area contributed by atoms with Crippen molar-refractivity contribution in [3.05, 3.63) is 46.0 Å². The summed E-state index contributed by atoms with van der Waals surface area (Å²) in [6, 6.07) is 9.08. The normalized spacial score (nSPS) is 12.9. The summed E-state index contributed by atoms with van der Waals surface area (Å²) >= 11 is 7.62. The zero-order valence-electron chi connectivity index (χ0n) is 12.6. The van der Waals surface area contributed by atoms with Crippen LogP contribution in [0.15, 0.2) is 30.3 Å². The van der Waals surface area contributed by atoms with Crippen molar-refractivity contribution in [2.45, 2.75) is 33.2 Å². The molecule has 21 heavy (non-hydrogen) atoms. The van der Waals surface area contributed by atoms with E-state index in [-0.39, 0.29) is 5.82 Å². The third-order valence-corrected chi connectivity index (χ3v) is 4.84. The second kappa shape index (κ2) is 7.39. The van der Waals surface area contributed by atoms with Crippen LogP contribution in [-0.4, -0.2) is 6.54 Å². The maximum atomic E-state index is 14.0. The highest BCUT2D eigenvalue weighted by Crippen LogP contribution is 2.36. The highest BCUT2D eigenvalue weighted by atomic mass is 35.5. The van der Waals surface area contributed by atoms with E-state index in [0.717, 1.165) is 17.8 Å². The van der Waals surface area contributed by atoms with Gasteiger partial charge < -0.3 is 5.32 Å². The van der Waals surface area contributed by atoms with Crippen LogP contribution in [0.3, 0.4) is 0 Å². The standard InChI is InChI=1S/C17H21ClFNS/c1-4-9-20-17(11(2)3)16-8-7-15(21-16)13-10-12(18)5-6-14(13)19/h5-8,10-11,17,20H,4,9H2,1-3H3. The van der Waals surface area contributed by atoms with Gasteiger partial charge in [0, 0.05) is 26.4 Å². The molecule has 0 amide bonds. The van der Waals surface area contributed by atoms with E-state index in [1.165, 1.54) is 10.9 Å². The molecule has 1 heterocycles. The summed E-state index contributed by atoms with van der Waals surface area (Å²) in [7, 11) is 0. The van der Waals surface area contributed by atoms with Gasteiger partial charge in [0.1, 0.15) is 5.82 Å². The monoisotopic (exact) mass is 325 g/mol. The third-order valence-electron chi connectivity index (χ3n) is 3.41. The highest BCUT2D eigenvalue weighted by Gasteiger charge is 2.18. The molecule has 1 unspecified atom stereocenters. The Hall–Kier alpha value is -0.900. The molecule has 0 aliphatic rings. The molecule has 1 aromatic heterocycles. The predicted octanol–water partition coefficient (Wildman–Crippen LogP) is 5.90. The van der Waals surface area contributed by atoms with Gasteiger partial charge in [0.25, 0.3) is 0 Å². The Morgan fingerprint density at radius 1 is 1.24 bits per heavy atom. The van der Waals surface area contributed by atoms with Gasteiger partial charge >= 0.3 is 0 Å². The molecule has 114 valence electrons. The summed E-state index contributed by atoms with van der Waals surface area (Å²) in [5.74, 6) is 0.266. The zero-order valence-corrected chi connectivity index (χ0v) is 14.2. The first-order valence-corrected chi connectivity index (χ1v) is 8.51. The van der Waals surface area contributed by atoms with Gasteiger partial charge in [-0.15, -0.1) is 11.3 Å². The summed E-state index contributed by atoms with van der Waals surface area (Å²) in [5.41, 5.74) is 0.580. The molecule has 0 bridgehead atoms. The third kappa shape index (κ3) is 4.06. The van der Waals surface area contributed by atoms with E-state index in [2.05, 4.69) is 32.2 Å². The number of hydrogen-bond donors (Lipinski definition) is 1. The van der Waals surface area contributed by atoms with Crippen LogP contribution in [0.4, 0.5) is 4.39 Å². The molecule has 4 heteroatoms. The van der Waals surface area contributed by atoms with E-state index in [0.29, 0.717) is 22.5 Å². The highest BCUT2D eigenvalue weighted by molar-refractivity contribution is 7.15. The van der Waals surface area contributed by atoms with Crippen molar-refractivity contribution in [3.8, 4) is 10.4 Å². The van der Waals surface area contributed by atoms with Crippen LogP contribution < -0.4 is 5.32 Å². The molecular formula is C17H21ClFNS. The van der Waals surface area contributed by atoms with Crippen molar-refractivity contribution in [1.82, 2.24) is 5.32 Å². The minimum atomic E-state index is -0.226. The van der Waals surface area contributed by atoms with Gasteiger partial charge in [0.05, 0.1) is 0 Å². The van der Waals surface area contributed by atoms with Gasteiger partial charge in [0.15, 0.2) is 0 Å². The molecule has 0 radical (unpaired) electrons. The van der Waals surface area contributed by atoms with Crippen molar-refractivity contribution in [1.29, 1.82) is 0 Å². The minimum Gasteiger partial charge on any atom is -0.309 e. The second-order valence-electron chi connectivity index (χ2n) is 5.50. The Kier molecular flexibility index (Phi) is 5.80. The summed E-state index contributed by atoms with van der Waals surface area (Å²) in [6.07, 6.45) is 1.10. The smallest absolute Gasteiger partial charge is 0.131 e. The SMILES string of the molecule is CCCNC(c1ccc(-c2cc(Cl)ccc2F)s1)C(C)C. The summed E-state index contributed by atoms with van der Waals surface area (Å²) in [5, 5.41) is 4.13. The molecule has 2 rings (SSSR count). The van der Waals surface area contributed by atoms with Gasteiger partial charge in [-0.3, -0.25) is 0 Å². The Morgan fingerprint density at radius 3 is 2.67 bits per heavy atom. The van der Waals surface area contributed by atoms with Crippen LogP contribution >= 0.6 is 22.9 Å². The molecule has 0 spiro atoms. The van der Waals surface area contributed by atoms with Crippen molar-refractivity contribution in [3.63, 3.8) is 0 Å². The fourth-order valence-corrected chi connectivity index (χ4v) is 3.76. The molecular weight excluding hydrogens is 305 g/mol. The summed E-state index contributed by atoms with van der Waals surface area (Å²) in [4.78, 5) is 2.17. The number of thiophene rings is 1. The lowest BCUT2D eigenvalue weighted by Crippen LogP contribution is -2.25. The largest absolute Gasteiger partial charge is 0.309 e. The van der Waals surface area contributed by atoms with Crippen molar-refractivity contribution >= 4 is 22.9 Å². The van der Waals surface area contributed by atoms with Gasteiger partial charge in [-0.05, 0) is 49.2 Å². The molecule has 1 atom stereocenters. The van der Waals surface area contributed by atoms with Gasteiger partial charge in [-0.2, -0.15) is 0 Å². The lowest BCUT2D eigenvalue weighted by molar-refractivity contribution is 0.418. The lowest BCUT2D eigenvalue weighted by Gasteiger charge is -2.20. The van der Waals surface area contributed by atoms with Crippen LogP contribution in [0.25, 0.3) is 10.4 Å². The first kappa shape index (κ1) is 16.5. The van der Waals surface area contributed by atoms with Crippen molar-refractivity contribution in [2.75, 3.05) is 6.54 Å². The molecule has 1 aromatic carbocycles. The van der Waals surface area contributed by atoms with E-state index in [1.807, 2.05) is 6.07 Å². The van der Waals surface area contributed by atoms with E-state index in [4.69, 9.17) is 11.6 Å². The summed E-state index contributed by atoms with van der Waals surface area (Å²) in [6.45, 7) is 7.55. The minimum absolute atomic E-state index is 0.226. The van der Waals surface area contributed by atoms with Crippen LogP contribution in [-0.2, 0) is 0 Å². The van der Waals surface area contributed by atoms with E-state index in [9.17, 15) is 4.39 Å². The Labute approximate surface area is 135 Å². The average Bonchev–Trinajstić information content (AvgIpc) is 2.91. The first-order chi connectivity index (χ1) is 10.0.